The van der Waals surface area contributed by atoms with E-state index >= 15 is 0 Å². The Labute approximate surface area is 406 Å². The first-order chi connectivity index (χ1) is 34.6. The molecule has 0 aliphatic rings. The summed E-state index contributed by atoms with van der Waals surface area (Å²) in [4.78, 5) is 16.2. The van der Waals surface area contributed by atoms with Gasteiger partial charge >= 0.3 is 0 Å². The van der Waals surface area contributed by atoms with Gasteiger partial charge in [-0.15, -0.1) is 22.7 Å². The third-order valence-corrected chi connectivity index (χ3v) is 16.7. The van der Waals surface area contributed by atoms with Gasteiger partial charge in [0.2, 0.25) is 0 Å². The Morgan fingerprint density at radius 3 is 1.69 bits per heavy atom. The Bertz CT molecular complexity index is 4830. The molecule has 11 aromatic carbocycles. The zero-order valence-corrected chi connectivity index (χ0v) is 38.8. The van der Waals surface area contributed by atoms with Crippen LogP contribution in [0.25, 0.3) is 156 Å². The third kappa shape index (κ3) is 5.55. The molecule has 0 spiro atoms. The average molecular weight is 927 g/mol. The number of rotatable bonds is 4. The van der Waals surface area contributed by atoms with E-state index in [0.29, 0.717) is 17.5 Å². The fraction of sp³-hybridized carbons (Fsp3) is 0. The van der Waals surface area contributed by atoms with E-state index < -0.39 is 0 Å². The Morgan fingerprint density at radius 1 is 0.357 bits per heavy atom. The zero-order valence-electron chi connectivity index (χ0n) is 37.1. The summed E-state index contributed by atoms with van der Waals surface area (Å²) in [5, 5.41) is 16.4. The number of fused-ring (bicyclic) bond motifs is 16. The third-order valence-electron chi connectivity index (χ3n) is 14.4. The number of aromatic nitrogens is 4. The van der Waals surface area contributed by atoms with Gasteiger partial charge in [0.25, 0.3) is 0 Å². The number of hydrogen-bond acceptors (Lipinski definition) is 6. The Morgan fingerprint density at radius 2 is 0.943 bits per heavy atom. The van der Waals surface area contributed by atoms with Gasteiger partial charge in [-0.3, -0.25) is 0 Å². The summed E-state index contributed by atoms with van der Waals surface area (Å²) in [5.74, 6) is 1.80. The van der Waals surface area contributed by atoms with Crippen LogP contribution in [0.3, 0.4) is 0 Å². The lowest BCUT2D eigenvalue weighted by molar-refractivity contribution is 0.670. The molecule has 0 N–H and O–H groups in total. The molecule has 0 aliphatic carbocycles. The molecule has 5 nitrogen and oxygen atoms in total. The van der Waals surface area contributed by atoms with Crippen LogP contribution in [-0.2, 0) is 0 Å². The van der Waals surface area contributed by atoms with Crippen LogP contribution in [-0.4, -0.2) is 19.5 Å². The molecule has 0 fully saturated rings. The number of para-hydroxylation sites is 1. The van der Waals surface area contributed by atoms with Crippen LogP contribution >= 0.6 is 22.7 Å². The lowest BCUT2D eigenvalue weighted by Crippen LogP contribution is -2.01. The summed E-state index contributed by atoms with van der Waals surface area (Å²) in [7, 11) is 0. The predicted molar refractivity (Wildman–Crippen MR) is 296 cm³/mol. The number of thiophene rings is 2. The molecule has 7 heteroatoms. The Kier molecular flexibility index (Phi) is 7.86. The standard InChI is InChI=1S/C63H34N4OS2/c1-3-14-37-32-52-48(28-35(37)12-1)49-29-36-13-2-4-15-38(36)33-53(49)67(52)41-26-24-39-30-51(59-58(47(39)34-41)45-18-5-8-21-54(45)68-59)63-65-61(40-25-27-57-50(31-40)43-17-7-9-22-55(43)69-57)64-62(66-63)46-20-11-19-44-42-16-6-10-23-56(42)70-60(44)46/h1-34H. The van der Waals surface area contributed by atoms with Gasteiger partial charge in [0.05, 0.1) is 16.6 Å². The van der Waals surface area contributed by atoms with Gasteiger partial charge in [0, 0.05) is 78.7 Å². The van der Waals surface area contributed by atoms with Gasteiger partial charge in [0.1, 0.15) is 11.2 Å². The van der Waals surface area contributed by atoms with E-state index in [2.05, 4.69) is 205 Å². The van der Waals surface area contributed by atoms with E-state index in [0.717, 1.165) is 59.8 Å². The molecule has 0 radical (unpaired) electrons. The molecule has 5 heterocycles. The van der Waals surface area contributed by atoms with E-state index in [1.807, 2.05) is 17.4 Å². The van der Waals surface area contributed by atoms with Gasteiger partial charge in [-0.25, -0.2) is 15.0 Å². The highest BCUT2D eigenvalue weighted by Crippen LogP contribution is 2.45. The zero-order chi connectivity index (χ0) is 45.6. The van der Waals surface area contributed by atoms with Gasteiger partial charge < -0.3 is 8.98 Å². The van der Waals surface area contributed by atoms with E-state index in [4.69, 9.17) is 19.4 Å². The summed E-state index contributed by atoms with van der Waals surface area (Å²) in [6.07, 6.45) is 0. The normalized spacial score (nSPS) is 12.3. The first-order valence-electron chi connectivity index (χ1n) is 23.5. The molecule has 70 heavy (non-hydrogen) atoms. The second-order valence-corrected chi connectivity index (χ2v) is 20.4. The van der Waals surface area contributed by atoms with Crippen molar-refractivity contribution in [1.29, 1.82) is 0 Å². The molecular weight excluding hydrogens is 893 g/mol. The van der Waals surface area contributed by atoms with Crippen molar-refractivity contribution in [2.24, 2.45) is 0 Å². The fourth-order valence-corrected chi connectivity index (χ4v) is 13.4. The maximum absolute atomic E-state index is 7.01. The van der Waals surface area contributed by atoms with Crippen molar-refractivity contribution in [3.05, 3.63) is 206 Å². The molecule has 0 bridgehead atoms. The van der Waals surface area contributed by atoms with Gasteiger partial charge in [-0.05, 0) is 117 Å². The average Bonchev–Trinajstić information content (AvgIpc) is 4.18. The van der Waals surface area contributed by atoms with Crippen LogP contribution in [0.4, 0.5) is 0 Å². The molecule has 0 unspecified atom stereocenters. The maximum atomic E-state index is 7.01. The first kappa shape index (κ1) is 38.2. The van der Waals surface area contributed by atoms with Crippen LogP contribution in [0.15, 0.2) is 211 Å². The number of furan rings is 1. The first-order valence-corrected chi connectivity index (χ1v) is 25.1. The molecule has 0 saturated heterocycles. The van der Waals surface area contributed by atoms with Crippen molar-refractivity contribution < 1.29 is 4.42 Å². The second-order valence-electron chi connectivity index (χ2n) is 18.3. The van der Waals surface area contributed by atoms with Crippen molar-refractivity contribution in [2.45, 2.75) is 0 Å². The summed E-state index contributed by atoms with van der Waals surface area (Å²) in [6.45, 7) is 0. The van der Waals surface area contributed by atoms with E-state index in [9.17, 15) is 0 Å². The predicted octanol–water partition coefficient (Wildman–Crippen LogP) is 18.1. The SMILES string of the molecule is c1ccc2cc3c(cc2c1)c1cc2ccccc2cc1n3-c1ccc2cc(-c3nc(-c4ccc5sc6ccccc6c5c4)nc(-c4cccc5c4sc4ccccc45)n3)c3oc4ccccc4c3c2c1. The van der Waals surface area contributed by atoms with Crippen molar-refractivity contribution in [1.82, 2.24) is 19.5 Å². The molecule has 324 valence electrons. The van der Waals surface area contributed by atoms with E-state index in [1.165, 1.54) is 79.0 Å². The van der Waals surface area contributed by atoms with Crippen LogP contribution < -0.4 is 0 Å². The summed E-state index contributed by atoms with van der Waals surface area (Å²) >= 11 is 3.59. The molecule has 16 aromatic rings. The minimum absolute atomic E-state index is 0.560. The topological polar surface area (TPSA) is 56.7 Å². The quantitative estimate of drug-likeness (QED) is 0.176. The summed E-state index contributed by atoms with van der Waals surface area (Å²) in [5.41, 5.74) is 7.69. The number of benzene rings is 11. The van der Waals surface area contributed by atoms with Crippen molar-refractivity contribution in [3.63, 3.8) is 0 Å². The highest BCUT2D eigenvalue weighted by molar-refractivity contribution is 7.26. The second kappa shape index (κ2) is 14.4. The Balaban J connectivity index is 0.967. The Hall–Kier alpha value is -8.75. The molecule has 0 aliphatic heterocycles. The van der Waals surface area contributed by atoms with Crippen LogP contribution in [0.2, 0.25) is 0 Å². The molecule has 0 amide bonds. The van der Waals surface area contributed by atoms with Crippen LogP contribution in [0, 0.1) is 0 Å². The number of hydrogen-bond donors (Lipinski definition) is 0. The monoisotopic (exact) mass is 926 g/mol. The van der Waals surface area contributed by atoms with Crippen LogP contribution in [0.1, 0.15) is 0 Å². The molecule has 5 aromatic heterocycles. The van der Waals surface area contributed by atoms with Crippen molar-refractivity contribution >= 4 is 139 Å². The van der Waals surface area contributed by atoms with E-state index in [-0.39, 0.29) is 0 Å². The van der Waals surface area contributed by atoms with Gasteiger partial charge in [0.15, 0.2) is 17.5 Å². The van der Waals surface area contributed by atoms with Gasteiger partial charge in [-0.1, -0.05) is 121 Å². The van der Waals surface area contributed by atoms with Crippen molar-refractivity contribution in [2.75, 3.05) is 0 Å². The summed E-state index contributed by atoms with van der Waals surface area (Å²) < 4.78 is 14.3. The lowest BCUT2D eigenvalue weighted by Gasteiger charge is -2.13. The lowest BCUT2D eigenvalue weighted by atomic mass is 9.99. The largest absolute Gasteiger partial charge is 0.455 e. The number of nitrogens with zero attached hydrogens (tertiary/aromatic N) is 4. The highest BCUT2D eigenvalue weighted by Gasteiger charge is 2.23. The van der Waals surface area contributed by atoms with Crippen molar-refractivity contribution in [3.8, 4) is 39.9 Å². The van der Waals surface area contributed by atoms with Gasteiger partial charge in [-0.2, -0.15) is 0 Å². The van der Waals surface area contributed by atoms with Crippen LogP contribution in [0.5, 0.6) is 0 Å². The molecule has 0 saturated carbocycles. The molecular formula is C63H34N4OS2. The van der Waals surface area contributed by atoms with E-state index in [1.54, 1.807) is 11.3 Å². The smallest absolute Gasteiger partial charge is 0.167 e. The maximum Gasteiger partial charge on any atom is 0.167 e. The fourth-order valence-electron chi connectivity index (χ4n) is 11.1. The highest BCUT2D eigenvalue weighted by atomic mass is 32.1. The summed E-state index contributed by atoms with van der Waals surface area (Å²) in [6, 6.07) is 74.5. The minimum atomic E-state index is 0.560. The molecule has 0 atom stereocenters. The molecule has 16 rings (SSSR count). The minimum Gasteiger partial charge on any atom is -0.455 e.